The maximum absolute atomic E-state index is 12.1. The fourth-order valence-corrected chi connectivity index (χ4v) is 3.09. The van der Waals surface area contributed by atoms with Crippen molar-refractivity contribution >= 4 is 17.1 Å². The van der Waals surface area contributed by atoms with Crippen LogP contribution < -0.4 is 21.9 Å². The molecule has 6 N–H and O–H groups in total. The number of halogens is 6. The lowest BCUT2D eigenvalue weighted by molar-refractivity contribution is -0.143. The Kier molecular flexibility index (Phi) is 10.4. The lowest BCUT2D eigenvalue weighted by Gasteiger charge is -2.12. The predicted molar refractivity (Wildman–Crippen MR) is 138 cm³/mol. The van der Waals surface area contributed by atoms with E-state index in [4.69, 9.17) is 21.9 Å². The summed E-state index contributed by atoms with van der Waals surface area (Å²) in [6.45, 7) is 0. The first-order valence-corrected chi connectivity index (χ1v) is 11.1. The molecule has 0 amide bonds. The van der Waals surface area contributed by atoms with Gasteiger partial charge in [-0.05, 0) is 66.1 Å². The summed E-state index contributed by atoms with van der Waals surface area (Å²) in [5, 5.41) is 0. The number of hydrogen-bond donors (Lipinski definition) is 3. The van der Waals surface area contributed by atoms with Gasteiger partial charge in [-0.25, -0.2) is 0 Å². The van der Waals surface area contributed by atoms with Crippen molar-refractivity contribution in [3.63, 3.8) is 0 Å². The third-order valence-electron chi connectivity index (χ3n) is 5.02. The summed E-state index contributed by atoms with van der Waals surface area (Å²) in [6.07, 6.45) is -8.77. The summed E-state index contributed by atoms with van der Waals surface area (Å²) in [6, 6.07) is 26.6. The second-order valence-electron chi connectivity index (χ2n) is 7.97. The zero-order chi connectivity index (χ0) is 28.3. The van der Waals surface area contributed by atoms with Crippen LogP contribution in [-0.2, 0) is 18.8 Å². The Morgan fingerprint density at radius 2 is 1.11 bits per heavy atom. The zero-order valence-corrected chi connectivity index (χ0v) is 20.4. The second-order valence-corrected chi connectivity index (χ2v) is 7.97. The van der Waals surface area contributed by atoms with Crippen LogP contribution in [0.15, 0.2) is 97.1 Å². The number of nitrogens with two attached hydrogens (primary N) is 3. The number of para-hydroxylation sites is 1. The SMILES string of the molecule is COc1ccc(N)cc1.Nc1cc(C(F)(F)F)cc(C(F)(F)F)c1.Nc1ccccc1Cc1ccccc1. The van der Waals surface area contributed by atoms with E-state index in [1.165, 1.54) is 11.1 Å². The van der Waals surface area contributed by atoms with Crippen molar-refractivity contribution in [2.45, 2.75) is 18.8 Å². The van der Waals surface area contributed by atoms with E-state index in [0.717, 1.165) is 23.5 Å². The molecule has 0 spiro atoms. The lowest BCUT2D eigenvalue weighted by atomic mass is 10.0. The van der Waals surface area contributed by atoms with E-state index >= 15 is 0 Å². The molecule has 0 fully saturated rings. The summed E-state index contributed by atoms with van der Waals surface area (Å²) in [5.74, 6) is 0.837. The third-order valence-corrected chi connectivity index (χ3v) is 5.02. The molecule has 0 bridgehead atoms. The van der Waals surface area contributed by atoms with Crippen molar-refractivity contribution in [2.24, 2.45) is 0 Å². The van der Waals surface area contributed by atoms with Crippen LogP contribution in [0.1, 0.15) is 22.3 Å². The smallest absolute Gasteiger partial charge is 0.416 e. The summed E-state index contributed by atoms with van der Waals surface area (Å²) in [7, 11) is 1.63. The Hall–Kier alpha value is -4.34. The standard InChI is InChI=1S/C13H13N.C8H5F6N.C7H9NO/c14-13-9-5-4-8-12(13)10-11-6-2-1-3-7-11;9-7(10,11)4-1-5(8(12,13)14)3-6(15)2-4;1-9-7-4-2-6(8)3-5-7/h1-9H,10,14H2;1-3H,15H2;2-5H,8H2,1H3. The molecule has 0 aliphatic carbocycles. The maximum Gasteiger partial charge on any atom is 0.416 e. The van der Waals surface area contributed by atoms with Crippen LogP contribution in [0.4, 0.5) is 43.4 Å². The van der Waals surface area contributed by atoms with Gasteiger partial charge in [-0.2, -0.15) is 26.3 Å². The number of anilines is 3. The van der Waals surface area contributed by atoms with Crippen LogP contribution in [-0.4, -0.2) is 7.11 Å². The molecule has 0 aliphatic heterocycles. The van der Waals surface area contributed by atoms with Crippen LogP contribution >= 0.6 is 0 Å². The van der Waals surface area contributed by atoms with E-state index in [1.807, 2.05) is 36.4 Å². The average Bonchev–Trinajstić information content (AvgIpc) is 2.86. The van der Waals surface area contributed by atoms with Gasteiger partial charge in [0.15, 0.2) is 0 Å². The predicted octanol–water partition coefficient (Wildman–Crippen LogP) is 7.44. The van der Waals surface area contributed by atoms with Gasteiger partial charge in [0.2, 0.25) is 0 Å². The largest absolute Gasteiger partial charge is 0.497 e. The number of hydrogen-bond acceptors (Lipinski definition) is 4. The fourth-order valence-electron chi connectivity index (χ4n) is 3.09. The molecule has 0 saturated carbocycles. The van der Waals surface area contributed by atoms with Crippen LogP contribution in [0.25, 0.3) is 0 Å². The highest BCUT2D eigenvalue weighted by molar-refractivity contribution is 5.48. The summed E-state index contributed by atoms with van der Waals surface area (Å²) < 4.78 is 77.6. The number of nitrogen functional groups attached to an aromatic ring is 3. The molecule has 4 rings (SSSR count). The van der Waals surface area contributed by atoms with E-state index < -0.39 is 29.2 Å². The molecule has 38 heavy (non-hydrogen) atoms. The van der Waals surface area contributed by atoms with Gasteiger partial charge in [-0.3, -0.25) is 0 Å². The minimum Gasteiger partial charge on any atom is -0.497 e. The van der Waals surface area contributed by atoms with Gasteiger partial charge >= 0.3 is 12.4 Å². The summed E-state index contributed by atoms with van der Waals surface area (Å²) in [5.41, 5.74) is 17.0. The molecule has 0 aromatic heterocycles. The minimum absolute atomic E-state index is 0.0242. The molecule has 0 aliphatic rings. The van der Waals surface area contributed by atoms with Crippen LogP contribution in [0, 0.1) is 0 Å². The molecule has 0 saturated heterocycles. The van der Waals surface area contributed by atoms with E-state index in [-0.39, 0.29) is 6.07 Å². The Labute approximate surface area is 216 Å². The Morgan fingerprint density at radius 1 is 0.605 bits per heavy atom. The normalized spacial score (nSPS) is 10.9. The Bertz CT molecular complexity index is 1240. The molecule has 0 atom stereocenters. The topological polar surface area (TPSA) is 87.3 Å². The quantitative estimate of drug-likeness (QED) is 0.188. The number of benzene rings is 4. The highest BCUT2D eigenvalue weighted by atomic mass is 19.4. The molecule has 0 radical (unpaired) electrons. The zero-order valence-electron chi connectivity index (χ0n) is 20.4. The van der Waals surface area contributed by atoms with Gasteiger partial charge in [0.05, 0.1) is 18.2 Å². The van der Waals surface area contributed by atoms with Crippen molar-refractivity contribution in [3.05, 3.63) is 119 Å². The monoisotopic (exact) mass is 535 g/mol. The number of rotatable bonds is 3. The fraction of sp³-hybridized carbons (Fsp3) is 0.143. The minimum atomic E-state index is -4.84. The van der Waals surface area contributed by atoms with E-state index in [1.54, 1.807) is 19.2 Å². The van der Waals surface area contributed by atoms with Gasteiger partial charge < -0.3 is 21.9 Å². The van der Waals surface area contributed by atoms with Crippen molar-refractivity contribution in [3.8, 4) is 5.75 Å². The van der Waals surface area contributed by atoms with Crippen LogP contribution in [0.3, 0.4) is 0 Å². The number of methoxy groups -OCH3 is 1. The van der Waals surface area contributed by atoms with Gasteiger partial charge in [-0.1, -0.05) is 48.5 Å². The summed E-state index contributed by atoms with van der Waals surface area (Å²) in [4.78, 5) is 0. The summed E-state index contributed by atoms with van der Waals surface area (Å²) >= 11 is 0. The second kappa shape index (κ2) is 13.3. The van der Waals surface area contributed by atoms with Crippen LogP contribution in [0.2, 0.25) is 0 Å². The van der Waals surface area contributed by atoms with E-state index in [2.05, 4.69) is 30.3 Å². The molecule has 0 unspecified atom stereocenters. The lowest BCUT2D eigenvalue weighted by Crippen LogP contribution is -2.11. The maximum atomic E-state index is 12.1. The number of ether oxygens (including phenoxy) is 1. The van der Waals surface area contributed by atoms with Crippen molar-refractivity contribution < 1.29 is 31.1 Å². The molecule has 4 aromatic carbocycles. The van der Waals surface area contributed by atoms with Gasteiger partial charge in [0, 0.05) is 17.1 Å². The van der Waals surface area contributed by atoms with E-state index in [0.29, 0.717) is 12.1 Å². The first kappa shape index (κ1) is 29.9. The third kappa shape index (κ3) is 9.96. The molecule has 4 aromatic rings. The number of alkyl halides is 6. The van der Waals surface area contributed by atoms with Gasteiger partial charge in [0.25, 0.3) is 0 Å². The van der Waals surface area contributed by atoms with Crippen LogP contribution in [0.5, 0.6) is 5.75 Å². The molecule has 0 heterocycles. The Morgan fingerprint density at radius 3 is 1.58 bits per heavy atom. The molecular weight excluding hydrogens is 508 g/mol. The highest BCUT2D eigenvalue weighted by Crippen LogP contribution is 2.36. The van der Waals surface area contributed by atoms with Gasteiger partial charge in [-0.15, -0.1) is 0 Å². The first-order valence-electron chi connectivity index (χ1n) is 11.1. The van der Waals surface area contributed by atoms with Crippen molar-refractivity contribution in [1.82, 2.24) is 0 Å². The van der Waals surface area contributed by atoms with Gasteiger partial charge in [0.1, 0.15) is 5.75 Å². The van der Waals surface area contributed by atoms with Crippen molar-refractivity contribution in [1.29, 1.82) is 0 Å². The van der Waals surface area contributed by atoms with Crippen molar-refractivity contribution in [2.75, 3.05) is 24.3 Å². The first-order chi connectivity index (χ1) is 17.8. The Balaban J connectivity index is 0.000000206. The molecule has 4 nitrogen and oxygen atoms in total. The highest BCUT2D eigenvalue weighted by Gasteiger charge is 2.36. The van der Waals surface area contributed by atoms with E-state index in [9.17, 15) is 26.3 Å². The average molecular weight is 536 g/mol. The molecule has 10 heteroatoms. The molecular formula is C28H27F6N3O. The molecule has 202 valence electrons.